The van der Waals surface area contributed by atoms with Crippen molar-refractivity contribution in [1.29, 1.82) is 0 Å². The zero-order valence-electron chi connectivity index (χ0n) is 11.5. The number of hydrogen-bond acceptors (Lipinski definition) is 2. The summed E-state index contributed by atoms with van der Waals surface area (Å²) in [5.41, 5.74) is 0.266. The van der Waals surface area contributed by atoms with E-state index in [0.29, 0.717) is 12.2 Å². The quantitative estimate of drug-likeness (QED) is 0.655. The van der Waals surface area contributed by atoms with E-state index in [1.54, 1.807) is 0 Å². The molecule has 2 nitrogen and oxygen atoms in total. The van der Waals surface area contributed by atoms with Gasteiger partial charge in [0.2, 0.25) is 0 Å². The molecule has 2 saturated heterocycles. The molecule has 0 amide bonds. The topological polar surface area (TPSA) is 18.5 Å². The summed E-state index contributed by atoms with van der Waals surface area (Å²) in [5.74, 6) is 0. The van der Waals surface area contributed by atoms with Gasteiger partial charge in [-0.15, -0.1) is 0 Å². The Labute approximate surface area is 106 Å². The average molecular weight is 240 g/mol. The van der Waals surface area contributed by atoms with Gasteiger partial charge in [0.25, 0.3) is 0 Å². The van der Waals surface area contributed by atoms with Crippen LogP contribution in [0, 0.1) is 5.41 Å². The van der Waals surface area contributed by atoms with Crippen LogP contribution in [0.2, 0.25) is 0 Å². The molecule has 0 aliphatic carbocycles. The fraction of sp³-hybridized carbons (Fsp3) is 1.00. The predicted octanol–water partition coefficient (Wildman–Crippen LogP) is 3.93. The molecular formula is C15H28O2. The van der Waals surface area contributed by atoms with Gasteiger partial charge in [-0.05, 0) is 32.1 Å². The molecule has 2 aliphatic heterocycles. The molecule has 0 bridgehead atoms. The molecule has 0 aromatic carbocycles. The SMILES string of the molecule is CCCCCC(C)(C1CCCO1)C1CCCO1. The molecule has 17 heavy (non-hydrogen) atoms. The fourth-order valence-corrected chi connectivity index (χ4v) is 3.48. The maximum atomic E-state index is 5.98. The molecule has 2 heterocycles. The van der Waals surface area contributed by atoms with Crippen LogP contribution in [-0.4, -0.2) is 25.4 Å². The lowest BCUT2D eigenvalue weighted by Crippen LogP contribution is -2.42. The van der Waals surface area contributed by atoms with Crippen molar-refractivity contribution in [1.82, 2.24) is 0 Å². The van der Waals surface area contributed by atoms with E-state index in [2.05, 4.69) is 13.8 Å². The van der Waals surface area contributed by atoms with Crippen molar-refractivity contribution in [3.63, 3.8) is 0 Å². The summed E-state index contributed by atoms with van der Waals surface area (Å²) in [7, 11) is 0. The van der Waals surface area contributed by atoms with Gasteiger partial charge in [0.1, 0.15) is 0 Å². The molecule has 2 rings (SSSR count). The van der Waals surface area contributed by atoms with Gasteiger partial charge in [0, 0.05) is 18.6 Å². The van der Waals surface area contributed by atoms with Crippen molar-refractivity contribution < 1.29 is 9.47 Å². The Hall–Kier alpha value is -0.0800. The largest absolute Gasteiger partial charge is 0.378 e. The van der Waals surface area contributed by atoms with Gasteiger partial charge in [-0.1, -0.05) is 33.1 Å². The highest BCUT2D eigenvalue weighted by molar-refractivity contribution is 4.94. The first kappa shape index (κ1) is 13.4. The molecule has 2 atom stereocenters. The molecule has 2 fully saturated rings. The van der Waals surface area contributed by atoms with Gasteiger partial charge >= 0.3 is 0 Å². The van der Waals surface area contributed by atoms with Crippen molar-refractivity contribution in [2.24, 2.45) is 5.41 Å². The van der Waals surface area contributed by atoms with Crippen molar-refractivity contribution in [2.75, 3.05) is 13.2 Å². The smallest absolute Gasteiger partial charge is 0.0654 e. The third kappa shape index (κ3) is 3.03. The Bertz CT molecular complexity index is 199. The highest BCUT2D eigenvalue weighted by Gasteiger charge is 2.44. The van der Waals surface area contributed by atoms with Crippen LogP contribution in [-0.2, 0) is 9.47 Å². The minimum atomic E-state index is 0.266. The Kier molecular flexibility index (Phi) is 4.87. The Morgan fingerprint density at radius 2 is 1.59 bits per heavy atom. The van der Waals surface area contributed by atoms with E-state index in [-0.39, 0.29) is 5.41 Å². The second-order valence-corrected chi connectivity index (χ2v) is 5.97. The van der Waals surface area contributed by atoms with Crippen LogP contribution in [0.1, 0.15) is 65.2 Å². The van der Waals surface area contributed by atoms with Gasteiger partial charge in [0.15, 0.2) is 0 Å². The molecule has 2 aliphatic rings. The van der Waals surface area contributed by atoms with Crippen molar-refractivity contribution in [3.05, 3.63) is 0 Å². The molecule has 2 unspecified atom stereocenters. The van der Waals surface area contributed by atoms with Crippen molar-refractivity contribution in [3.8, 4) is 0 Å². The molecule has 100 valence electrons. The Balaban J connectivity index is 1.98. The lowest BCUT2D eigenvalue weighted by molar-refractivity contribution is -0.0839. The van der Waals surface area contributed by atoms with Crippen LogP contribution >= 0.6 is 0 Å². The second kappa shape index (κ2) is 6.19. The summed E-state index contributed by atoms with van der Waals surface area (Å²) in [4.78, 5) is 0. The van der Waals surface area contributed by atoms with E-state index < -0.39 is 0 Å². The molecule has 0 spiro atoms. The van der Waals surface area contributed by atoms with Crippen LogP contribution in [0.15, 0.2) is 0 Å². The first-order valence-corrected chi connectivity index (χ1v) is 7.50. The first-order valence-electron chi connectivity index (χ1n) is 7.50. The Morgan fingerprint density at radius 3 is 2.00 bits per heavy atom. The van der Waals surface area contributed by atoms with Crippen LogP contribution in [0.25, 0.3) is 0 Å². The molecule has 0 aromatic rings. The van der Waals surface area contributed by atoms with Gasteiger partial charge in [0.05, 0.1) is 12.2 Å². The highest BCUT2D eigenvalue weighted by atomic mass is 16.5. The lowest BCUT2D eigenvalue weighted by Gasteiger charge is -2.39. The van der Waals surface area contributed by atoms with Crippen LogP contribution in [0.4, 0.5) is 0 Å². The summed E-state index contributed by atoms with van der Waals surface area (Å²) < 4.78 is 12.0. The van der Waals surface area contributed by atoms with Crippen LogP contribution in [0.5, 0.6) is 0 Å². The van der Waals surface area contributed by atoms with E-state index in [0.717, 1.165) is 13.2 Å². The summed E-state index contributed by atoms with van der Waals surface area (Å²) in [6.07, 6.45) is 11.1. The zero-order valence-corrected chi connectivity index (χ0v) is 11.5. The normalized spacial score (nSPS) is 32.8. The van der Waals surface area contributed by atoms with E-state index in [4.69, 9.17) is 9.47 Å². The minimum Gasteiger partial charge on any atom is -0.378 e. The lowest BCUT2D eigenvalue weighted by atomic mass is 9.73. The van der Waals surface area contributed by atoms with E-state index in [1.165, 1.54) is 51.4 Å². The number of hydrogen-bond donors (Lipinski definition) is 0. The van der Waals surface area contributed by atoms with Gasteiger partial charge in [-0.3, -0.25) is 0 Å². The molecule has 2 heteroatoms. The number of rotatable bonds is 6. The van der Waals surface area contributed by atoms with Crippen molar-refractivity contribution in [2.45, 2.75) is 77.4 Å². The standard InChI is InChI=1S/C15H28O2/c1-3-4-5-10-15(2,13-8-6-11-16-13)14-9-7-12-17-14/h13-14H,3-12H2,1-2H3. The highest BCUT2D eigenvalue weighted by Crippen LogP contribution is 2.43. The second-order valence-electron chi connectivity index (χ2n) is 5.97. The summed E-state index contributed by atoms with van der Waals surface area (Å²) in [6, 6.07) is 0. The maximum Gasteiger partial charge on any atom is 0.0654 e. The van der Waals surface area contributed by atoms with Crippen LogP contribution < -0.4 is 0 Å². The molecule has 0 radical (unpaired) electrons. The number of unbranched alkanes of at least 4 members (excludes halogenated alkanes) is 2. The maximum absolute atomic E-state index is 5.98. The first-order chi connectivity index (χ1) is 8.27. The fourth-order valence-electron chi connectivity index (χ4n) is 3.48. The molecular weight excluding hydrogens is 212 g/mol. The van der Waals surface area contributed by atoms with Gasteiger partial charge < -0.3 is 9.47 Å². The van der Waals surface area contributed by atoms with E-state index in [1.807, 2.05) is 0 Å². The number of ether oxygens (including phenoxy) is 2. The Morgan fingerprint density at radius 1 is 1.00 bits per heavy atom. The van der Waals surface area contributed by atoms with Gasteiger partial charge in [-0.2, -0.15) is 0 Å². The van der Waals surface area contributed by atoms with Crippen molar-refractivity contribution >= 4 is 0 Å². The molecule has 0 N–H and O–H groups in total. The molecule has 0 saturated carbocycles. The van der Waals surface area contributed by atoms with E-state index >= 15 is 0 Å². The van der Waals surface area contributed by atoms with E-state index in [9.17, 15) is 0 Å². The zero-order chi connectivity index (χ0) is 12.1. The predicted molar refractivity (Wildman–Crippen MR) is 70.2 cm³/mol. The third-order valence-corrected chi connectivity index (χ3v) is 4.65. The average Bonchev–Trinajstić information content (AvgIpc) is 3.02. The van der Waals surface area contributed by atoms with Gasteiger partial charge in [-0.25, -0.2) is 0 Å². The summed E-state index contributed by atoms with van der Waals surface area (Å²) >= 11 is 0. The van der Waals surface area contributed by atoms with Crippen LogP contribution in [0.3, 0.4) is 0 Å². The summed E-state index contributed by atoms with van der Waals surface area (Å²) in [6.45, 7) is 6.60. The molecule has 0 aromatic heterocycles. The monoisotopic (exact) mass is 240 g/mol. The summed E-state index contributed by atoms with van der Waals surface area (Å²) in [5, 5.41) is 0. The third-order valence-electron chi connectivity index (χ3n) is 4.65. The minimum absolute atomic E-state index is 0.266.